The van der Waals surface area contributed by atoms with Crippen LogP contribution in [-0.4, -0.2) is 58.8 Å². The zero-order chi connectivity index (χ0) is 17.9. The van der Waals surface area contributed by atoms with E-state index in [4.69, 9.17) is 0 Å². The molecule has 1 saturated heterocycles. The minimum absolute atomic E-state index is 0.00818. The van der Waals surface area contributed by atoms with Crippen LogP contribution in [0.2, 0.25) is 0 Å². The van der Waals surface area contributed by atoms with Crippen LogP contribution in [0.15, 0.2) is 36.9 Å². The first-order valence-electron chi connectivity index (χ1n) is 7.87. The van der Waals surface area contributed by atoms with Gasteiger partial charge in [0.1, 0.15) is 11.5 Å². The SMILES string of the molecule is CN(C(=O)c1cnc(NCc2ccncc2)cn1)C1CCS(=O)(=O)C1. The van der Waals surface area contributed by atoms with Gasteiger partial charge >= 0.3 is 0 Å². The van der Waals surface area contributed by atoms with E-state index in [-0.39, 0.29) is 29.1 Å². The smallest absolute Gasteiger partial charge is 0.274 e. The highest BCUT2D eigenvalue weighted by atomic mass is 32.2. The molecule has 132 valence electrons. The lowest BCUT2D eigenvalue weighted by atomic mass is 10.2. The highest BCUT2D eigenvalue weighted by Gasteiger charge is 2.33. The number of hydrogen-bond donors (Lipinski definition) is 1. The summed E-state index contributed by atoms with van der Waals surface area (Å²) in [6.45, 7) is 0.574. The van der Waals surface area contributed by atoms with Crippen molar-refractivity contribution in [3.8, 4) is 0 Å². The molecule has 0 aromatic carbocycles. The first kappa shape index (κ1) is 17.3. The van der Waals surface area contributed by atoms with Gasteiger partial charge in [0.15, 0.2) is 9.84 Å². The number of nitrogens with one attached hydrogen (secondary N) is 1. The van der Waals surface area contributed by atoms with Crippen molar-refractivity contribution in [2.75, 3.05) is 23.9 Å². The van der Waals surface area contributed by atoms with Crippen LogP contribution in [0.4, 0.5) is 5.82 Å². The number of nitrogens with zero attached hydrogens (tertiary/aromatic N) is 4. The van der Waals surface area contributed by atoms with Crippen molar-refractivity contribution in [3.05, 3.63) is 48.2 Å². The molecule has 0 aliphatic carbocycles. The van der Waals surface area contributed by atoms with E-state index in [2.05, 4.69) is 20.3 Å². The molecule has 8 nitrogen and oxygen atoms in total. The predicted octanol–water partition coefficient (Wildman–Crippen LogP) is 0.743. The van der Waals surface area contributed by atoms with Crippen molar-refractivity contribution in [2.45, 2.75) is 19.0 Å². The highest BCUT2D eigenvalue weighted by Crippen LogP contribution is 2.18. The van der Waals surface area contributed by atoms with Gasteiger partial charge in [-0.1, -0.05) is 0 Å². The normalized spacial score (nSPS) is 18.7. The number of sulfone groups is 1. The maximum Gasteiger partial charge on any atom is 0.274 e. The second-order valence-corrected chi connectivity index (χ2v) is 8.20. The first-order chi connectivity index (χ1) is 11.9. The molecule has 1 amide bonds. The molecule has 1 aliphatic heterocycles. The molecule has 0 saturated carbocycles. The molecule has 0 radical (unpaired) electrons. The average molecular weight is 361 g/mol. The number of hydrogen-bond acceptors (Lipinski definition) is 7. The second kappa shape index (κ2) is 7.14. The van der Waals surface area contributed by atoms with E-state index in [0.29, 0.717) is 18.8 Å². The maximum absolute atomic E-state index is 12.4. The fraction of sp³-hybridized carbons (Fsp3) is 0.375. The van der Waals surface area contributed by atoms with E-state index in [1.165, 1.54) is 17.3 Å². The van der Waals surface area contributed by atoms with Gasteiger partial charge in [0.25, 0.3) is 5.91 Å². The Balaban J connectivity index is 1.60. The lowest BCUT2D eigenvalue weighted by molar-refractivity contribution is 0.0741. The van der Waals surface area contributed by atoms with E-state index in [0.717, 1.165) is 5.56 Å². The Morgan fingerprint density at radius 2 is 2.04 bits per heavy atom. The van der Waals surface area contributed by atoms with Crippen molar-refractivity contribution >= 4 is 21.6 Å². The molecule has 1 atom stereocenters. The Labute approximate surface area is 146 Å². The summed E-state index contributed by atoms with van der Waals surface area (Å²) in [5.74, 6) is 0.363. The van der Waals surface area contributed by atoms with Gasteiger partial charge in [0.05, 0.1) is 23.9 Å². The molecule has 3 rings (SSSR count). The third-order valence-electron chi connectivity index (χ3n) is 4.17. The molecule has 1 N–H and O–H groups in total. The summed E-state index contributed by atoms with van der Waals surface area (Å²) in [4.78, 5) is 26.2. The summed E-state index contributed by atoms with van der Waals surface area (Å²) in [7, 11) is -1.44. The Bertz CT molecular complexity index is 840. The third-order valence-corrected chi connectivity index (χ3v) is 5.92. The highest BCUT2D eigenvalue weighted by molar-refractivity contribution is 7.91. The monoisotopic (exact) mass is 361 g/mol. The summed E-state index contributed by atoms with van der Waals surface area (Å²) in [5.41, 5.74) is 1.25. The van der Waals surface area contributed by atoms with Gasteiger partial charge in [-0.3, -0.25) is 9.78 Å². The number of pyridine rings is 1. The van der Waals surface area contributed by atoms with Crippen LogP contribution >= 0.6 is 0 Å². The fourth-order valence-corrected chi connectivity index (χ4v) is 4.42. The number of amides is 1. The minimum atomic E-state index is -3.04. The summed E-state index contributed by atoms with van der Waals surface area (Å²) >= 11 is 0. The van der Waals surface area contributed by atoms with E-state index in [9.17, 15) is 13.2 Å². The molecule has 2 aromatic heterocycles. The van der Waals surface area contributed by atoms with E-state index in [1.807, 2.05) is 12.1 Å². The Hall–Kier alpha value is -2.55. The minimum Gasteiger partial charge on any atom is -0.365 e. The molecule has 2 aromatic rings. The molecule has 1 aliphatic rings. The molecule has 25 heavy (non-hydrogen) atoms. The summed E-state index contributed by atoms with van der Waals surface area (Å²) in [6.07, 6.45) is 6.78. The lowest BCUT2D eigenvalue weighted by Crippen LogP contribution is -2.38. The molecule has 3 heterocycles. The van der Waals surface area contributed by atoms with Crippen molar-refractivity contribution in [2.24, 2.45) is 0 Å². The second-order valence-electron chi connectivity index (χ2n) is 5.97. The number of rotatable bonds is 5. The topological polar surface area (TPSA) is 105 Å². The average Bonchev–Trinajstić information content (AvgIpc) is 3.00. The Morgan fingerprint density at radius 3 is 2.64 bits per heavy atom. The molecule has 9 heteroatoms. The largest absolute Gasteiger partial charge is 0.365 e. The van der Waals surface area contributed by atoms with Crippen LogP contribution in [0, 0.1) is 0 Å². The molecular weight excluding hydrogens is 342 g/mol. The predicted molar refractivity (Wildman–Crippen MR) is 92.7 cm³/mol. The van der Waals surface area contributed by atoms with E-state index < -0.39 is 9.84 Å². The fourth-order valence-electron chi connectivity index (χ4n) is 2.65. The number of carbonyl (C=O) groups is 1. The lowest BCUT2D eigenvalue weighted by Gasteiger charge is -2.22. The molecule has 0 bridgehead atoms. The van der Waals surface area contributed by atoms with Crippen LogP contribution in [0.1, 0.15) is 22.5 Å². The van der Waals surface area contributed by atoms with Crippen molar-refractivity contribution in [1.29, 1.82) is 0 Å². The van der Waals surface area contributed by atoms with Crippen LogP contribution in [0.5, 0.6) is 0 Å². The number of aromatic nitrogens is 3. The zero-order valence-corrected chi connectivity index (χ0v) is 14.6. The quantitative estimate of drug-likeness (QED) is 0.837. The van der Waals surface area contributed by atoms with Gasteiger partial charge in [0, 0.05) is 32.0 Å². The number of carbonyl (C=O) groups excluding carboxylic acids is 1. The van der Waals surface area contributed by atoms with Crippen LogP contribution in [0.25, 0.3) is 0 Å². The van der Waals surface area contributed by atoms with Gasteiger partial charge < -0.3 is 10.2 Å². The Morgan fingerprint density at radius 1 is 1.28 bits per heavy atom. The maximum atomic E-state index is 12.4. The third kappa shape index (κ3) is 4.30. The Kier molecular flexibility index (Phi) is 4.93. The molecule has 1 unspecified atom stereocenters. The van der Waals surface area contributed by atoms with Crippen molar-refractivity contribution in [3.63, 3.8) is 0 Å². The standard InChI is InChI=1S/C16H19N5O3S/c1-21(13-4-7-25(23,24)11-13)16(22)14-9-20-15(10-18-14)19-8-12-2-5-17-6-3-12/h2-3,5-6,9-10,13H,4,7-8,11H2,1H3,(H,19,20). The number of anilines is 1. The summed E-state index contributed by atoms with van der Waals surface area (Å²) in [5, 5.41) is 3.12. The van der Waals surface area contributed by atoms with Crippen LogP contribution in [-0.2, 0) is 16.4 Å². The first-order valence-corrected chi connectivity index (χ1v) is 9.69. The van der Waals surface area contributed by atoms with E-state index in [1.54, 1.807) is 19.4 Å². The molecular formula is C16H19N5O3S. The van der Waals surface area contributed by atoms with Gasteiger partial charge in [-0.05, 0) is 24.1 Å². The van der Waals surface area contributed by atoms with Gasteiger partial charge in [-0.15, -0.1) is 0 Å². The van der Waals surface area contributed by atoms with Crippen molar-refractivity contribution in [1.82, 2.24) is 19.9 Å². The summed E-state index contributed by atoms with van der Waals surface area (Å²) in [6, 6.07) is 3.48. The van der Waals surface area contributed by atoms with Gasteiger partial charge in [-0.2, -0.15) is 0 Å². The van der Waals surface area contributed by atoms with Gasteiger partial charge in [0.2, 0.25) is 0 Å². The van der Waals surface area contributed by atoms with Crippen molar-refractivity contribution < 1.29 is 13.2 Å². The zero-order valence-electron chi connectivity index (χ0n) is 13.8. The van der Waals surface area contributed by atoms with E-state index >= 15 is 0 Å². The van der Waals surface area contributed by atoms with Crippen LogP contribution in [0.3, 0.4) is 0 Å². The van der Waals surface area contributed by atoms with Crippen LogP contribution < -0.4 is 5.32 Å². The molecule has 1 fully saturated rings. The summed E-state index contributed by atoms with van der Waals surface area (Å²) < 4.78 is 23.1. The van der Waals surface area contributed by atoms with Gasteiger partial charge in [-0.25, -0.2) is 18.4 Å². The molecule has 0 spiro atoms.